The molecule has 0 saturated heterocycles. The summed E-state index contributed by atoms with van der Waals surface area (Å²) in [4.78, 5) is 7.92. The van der Waals surface area contributed by atoms with Crippen molar-refractivity contribution in [2.45, 2.75) is 6.18 Å². The summed E-state index contributed by atoms with van der Waals surface area (Å²) < 4.78 is 37.2. The molecule has 96 valence electrons. The Kier molecular flexibility index (Phi) is 3.02. The third-order valence-corrected chi connectivity index (χ3v) is 2.54. The molecule has 1 aromatic heterocycles. The Morgan fingerprint density at radius 1 is 1.11 bits per heavy atom. The van der Waals surface area contributed by atoms with Gasteiger partial charge in [-0.1, -0.05) is 0 Å². The molecule has 0 spiro atoms. The molecule has 0 aliphatic heterocycles. The number of H-pyrrole nitrogens is 1. The fourth-order valence-electron chi connectivity index (χ4n) is 1.53. The van der Waals surface area contributed by atoms with Crippen molar-refractivity contribution in [3.63, 3.8) is 0 Å². The average Bonchev–Trinajstić information content (AvgIpc) is 2.78. The molecule has 1 heterocycles. The number of nitrogens with zero attached hydrogens (tertiary/aromatic N) is 2. The molecule has 0 amide bonds. The van der Waals surface area contributed by atoms with Crippen molar-refractivity contribution in [3.05, 3.63) is 36.2 Å². The zero-order valence-corrected chi connectivity index (χ0v) is 9.92. The quantitative estimate of drug-likeness (QED) is 0.893. The van der Waals surface area contributed by atoms with Crippen molar-refractivity contribution in [2.75, 3.05) is 19.0 Å². The maximum atomic E-state index is 12.4. The van der Waals surface area contributed by atoms with Gasteiger partial charge in [-0.25, -0.2) is 4.98 Å². The van der Waals surface area contributed by atoms with E-state index in [2.05, 4.69) is 9.97 Å². The number of imidazole rings is 1. The molecular weight excluding hydrogens is 243 g/mol. The zero-order chi connectivity index (χ0) is 13.3. The fraction of sp³-hybridized carbons (Fsp3) is 0.250. The van der Waals surface area contributed by atoms with Crippen LogP contribution >= 0.6 is 0 Å². The molecule has 0 fully saturated rings. The summed E-state index contributed by atoms with van der Waals surface area (Å²) in [6.07, 6.45) is -3.59. The van der Waals surface area contributed by atoms with Gasteiger partial charge < -0.3 is 9.88 Å². The third kappa shape index (κ3) is 2.47. The van der Waals surface area contributed by atoms with Gasteiger partial charge in [-0.3, -0.25) is 0 Å². The summed E-state index contributed by atoms with van der Waals surface area (Å²) in [5.41, 5.74) is 0.756. The van der Waals surface area contributed by atoms with Crippen LogP contribution in [0.5, 0.6) is 0 Å². The highest BCUT2D eigenvalue weighted by molar-refractivity contribution is 5.60. The Bertz CT molecular complexity index is 526. The van der Waals surface area contributed by atoms with Gasteiger partial charge in [0.2, 0.25) is 0 Å². The van der Waals surface area contributed by atoms with Gasteiger partial charge >= 0.3 is 6.18 Å². The molecule has 0 unspecified atom stereocenters. The largest absolute Gasteiger partial charge is 0.432 e. The fourth-order valence-corrected chi connectivity index (χ4v) is 1.53. The van der Waals surface area contributed by atoms with Crippen LogP contribution in [0.4, 0.5) is 18.9 Å². The highest BCUT2D eigenvalue weighted by Gasteiger charge is 2.33. The second-order valence-electron chi connectivity index (χ2n) is 4.08. The molecular formula is C12H12F3N3. The van der Waals surface area contributed by atoms with Crippen molar-refractivity contribution < 1.29 is 13.2 Å². The number of benzene rings is 1. The van der Waals surface area contributed by atoms with E-state index in [0.717, 1.165) is 11.9 Å². The predicted octanol–water partition coefficient (Wildman–Crippen LogP) is 3.16. The first-order chi connectivity index (χ1) is 8.38. The maximum Gasteiger partial charge on any atom is 0.432 e. The Labute approximate surface area is 102 Å². The van der Waals surface area contributed by atoms with Gasteiger partial charge in [0.25, 0.3) is 0 Å². The number of nitrogens with one attached hydrogen (secondary N) is 1. The minimum absolute atomic E-state index is 0.215. The molecule has 1 N–H and O–H groups in total. The normalized spacial score (nSPS) is 11.6. The number of anilines is 1. The molecule has 1 aromatic carbocycles. The molecule has 0 saturated carbocycles. The lowest BCUT2D eigenvalue weighted by Crippen LogP contribution is -2.08. The van der Waals surface area contributed by atoms with Crippen molar-refractivity contribution >= 4 is 5.69 Å². The van der Waals surface area contributed by atoms with E-state index in [1.165, 1.54) is 0 Å². The van der Waals surface area contributed by atoms with E-state index >= 15 is 0 Å². The van der Waals surface area contributed by atoms with Crippen LogP contribution in [0.25, 0.3) is 11.4 Å². The third-order valence-electron chi connectivity index (χ3n) is 2.54. The van der Waals surface area contributed by atoms with E-state index in [-0.39, 0.29) is 5.82 Å². The average molecular weight is 255 g/mol. The van der Waals surface area contributed by atoms with Gasteiger partial charge in [0.05, 0.1) is 6.20 Å². The van der Waals surface area contributed by atoms with Crippen molar-refractivity contribution in [3.8, 4) is 11.4 Å². The lowest BCUT2D eigenvalue weighted by atomic mass is 10.2. The minimum Gasteiger partial charge on any atom is -0.378 e. The molecule has 2 rings (SSSR count). The van der Waals surface area contributed by atoms with Crippen LogP contribution in [0.2, 0.25) is 0 Å². The van der Waals surface area contributed by atoms with E-state index in [1.807, 2.05) is 31.1 Å². The van der Waals surface area contributed by atoms with Gasteiger partial charge in [-0.15, -0.1) is 0 Å². The minimum atomic E-state index is -4.39. The lowest BCUT2D eigenvalue weighted by Gasteiger charge is -2.12. The van der Waals surface area contributed by atoms with E-state index in [9.17, 15) is 13.2 Å². The number of alkyl halides is 3. The van der Waals surface area contributed by atoms with Gasteiger partial charge in [0.1, 0.15) is 11.5 Å². The van der Waals surface area contributed by atoms with Gasteiger partial charge in [-0.2, -0.15) is 13.2 Å². The standard InChI is InChI=1S/C12H12F3N3/c1-18(2)9-5-3-8(4-6-9)11-16-7-10(17-11)12(13,14)15/h3-7H,1-2H3,(H,16,17). The molecule has 0 aliphatic rings. The van der Waals surface area contributed by atoms with Crippen molar-refractivity contribution in [2.24, 2.45) is 0 Å². The number of hydrogen-bond donors (Lipinski definition) is 1. The summed E-state index contributed by atoms with van der Waals surface area (Å²) in [5, 5.41) is 0. The van der Waals surface area contributed by atoms with Crippen LogP contribution in [0, 0.1) is 0 Å². The van der Waals surface area contributed by atoms with Crippen LogP contribution in [0.3, 0.4) is 0 Å². The lowest BCUT2D eigenvalue weighted by molar-refractivity contribution is -0.140. The van der Waals surface area contributed by atoms with E-state index in [0.29, 0.717) is 5.56 Å². The van der Waals surface area contributed by atoms with Crippen molar-refractivity contribution in [1.82, 2.24) is 9.97 Å². The Morgan fingerprint density at radius 3 is 2.17 bits per heavy atom. The Balaban J connectivity index is 2.29. The van der Waals surface area contributed by atoms with E-state index in [4.69, 9.17) is 0 Å². The Hall–Kier alpha value is -1.98. The molecule has 6 heteroatoms. The second-order valence-corrected chi connectivity index (χ2v) is 4.08. The van der Waals surface area contributed by atoms with Gasteiger partial charge in [-0.05, 0) is 24.3 Å². The first kappa shape index (κ1) is 12.5. The van der Waals surface area contributed by atoms with Crippen LogP contribution in [0.1, 0.15) is 5.69 Å². The first-order valence-corrected chi connectivity index (χ1v) is 5.28. The molecule has 0 bridgehead atoms. The molecule has 0 aliphatic carbocycles. The zero-order valence-electron chi connectivity index (χ0n) is 9.92. The predicted molar refractivity (Wildman–Crippen MR) is 63.4 cm³/mol. The van der Waals surface area contributed by atoms with Crippen LogP contribution in [0.15, 0.2) is 30.5 Å². The molecule has 0 atom stereocenters. The molecule has 0 radical (unpaired) electrons. The monoisotopic (exact) mass is 255 g/mol. The van der Waals surface area contributed by atoms with Crippen molar-refractivity contribution in [1.29, 1.82) is 0 Å². The Morgan fingerprint density at radius 2 is 1.72 bits per heavy atom. The molecule has 18 heavy (non-hydrogen) atoms. The summed E-state index contributed by atoms with van der Waals surface area (Å²) in [5.74, 6) is 0.215. The smallest absolute Gasteiger partial charge is 0.378 e. The van der Waals surface area contributed by atoms with Crippen LogP contribution in [-0.4, -0.2) is 24.1 Å². The highest BCUT2D eigenvalue weighted by atomic mass is 19.4. The highest BCUT2D eigenvalue weighted by Crippen LogP contribution is 2.29. The first-order valence-electron chi connectivity index (χ1n) is 5.28. The molecule has 2 aromatic rings. The number of aromatic amines is 1. The topological polar surface area (TPSA) is 31.9 Å². The van der Waals surface area contributed by atoms with Crippen LogP contribution < -0.4 is 4.90 Å². The van der Waals surface area contributed by atoms with E-state index < -0.39 is 11.9 Å². The number of rotatable bonds is 2. The summed E-state index contributed by atoms with van der Waals surface area (Å²) in [7, 11) is 3.79. The number of aromatic nitrogens is 2. The number of hydrogen-bond acceptors (Lipinski definition) is 2. The van der Waals surface area contributed by atoms with Gasteiger partial charge in [0.15, 0.2) is 0 Å². The van der Waals surface area contributed by atoms with E-state index in [1.54, 1.807) is 12.1 Å². The van der Waals surface area contributed by atoms with Gasteiger partial charge in [0, 0.05) is 25.3 Å². The summed E-state index contributed by atoms with van der Waals surface area (Å²) >= 11 is 0. The second kappa shape index (κ2) is 4.36. The maximum absolute atomic E-state index is 12.4. The number of halogens is 3. The summed E-state index contributed by atoms with van der Waals surface area (Å²) in [6, 6.07) is 7.11. The SMILES string of the molecule is CN(C)c1ccc(-c2ncc(C(F)(F)F)[nH]2)cc1. The summed E-state index contributed by atoms with van der Waals surface area (Å²) in [6.45, 7) is 0. The molecule has 3 nitrogen and oxygen atoms in total. The van der Waals surface area contributed by atoms with Crippen LogP contribution in [-0.2, 0) is 6.18 Å².